The first-order chi connectivity index (χ1) is 9.22. The molecular weight excluding hydrogens is 238 g/mol. The van der Waals surface area contributed by atoms with Crippen LogP contribution in [0.4, 0.5) is 5.69 Å². The molecule has 0 bridgehead atoms. The molecule has 1 aromatic carbocycles. The van der Waals surface area contributed by atoms with Crippen molar-refractivity contribution in [1.82, 2.24) is 20.2 Å². The van der Waals surface area contributed by atoms with Gasteiger partial charge in [0.25, 0.3) is 0 Å². The van der Waals surface area contributed by atoms with Gasteiger partial charge >= 0.3 is 0 Å². The van der Waals surface area contributed by atoms with Gasteiger partial charge in [-0.1, -0.05) is 25.5 Å². The Balaban J connectivity index is 1.97. The molecule has 5 heteroatoms. The molecular formula is C14H19N5. The van der Waals surface area contributed by atoms with E-state index in [0.29, 0.717) is 6.04 Å². The lowest BCUT2D eigenvalue weighted by Gasteiger charge is -2.09. The zero-order chi connectivity index (χ0) is 13.4. The summed E-state index contributed by atoms with van der Waals surface area (Å²) in [4.78, 5) is 0. The molecule has 0 amide bonds. The first kappa shape index (κ1) is 12.1. The second-order valence-electron chi connectivity index (χ2n) is 5.34. The van der Waals surface area contributed by atoms with E-state index in [2.05, 4.69) is 22.4 Å². The zero-order valence-corrected chi connectivity index (χ0v) is 11.4. The third-order valence-electron chi connectivity index (χ3n) is 3.88. The summed E-state index contributed by atoms with van der Waals surface area (Å²) in [6.45, 7) is 4.26. The van der Waals surface area contributed by atoms with Gasteiger partial charge in [0.15, 0.2) is 5.82 Å². The lowest BCUT2D eigenvalue weighted by molar-refractivity contribution is 0.548. The van der Waals surface area contributed by atoms with Crippen molar-refractivity contribution < 1.29 is 0 Å². The number of aromatic nitrogens is 4. The summed E-state index contributed by atoms with van der Waals surface area (Å²) in [6, 6.07) is 6.35. The summed E-state index contributed by atoms with van der Waals surface area (Å²) in [5, 5.41) is 12.2. The topological polar surface area (TPSA) is 69.6 Å². The summed E-state index contributed by atoms with van der Waals surface area (Å²) in [7, 11) is 0. The normalized spacial score (nSPS) is 21.6. The van der Waals surface area contributed by atoms with Gasteiger partial charge in [-0.15, -0.1) is 5.10 Å². The molecule has 1 heterocycles. The highest BCUT2D eigenvalue weighted by molar-refractivity contribution is 5.74. The second-order valence-corrected chi connectivity index (χ2v) is 5.34. The van der Waals surface area contributed by atoms with Crippen LogP contribution in [0, 0.1) is 12.8 Å². The van der Waals surface area contributed by atoms with Gasteiger partial charge in [-0.3, -0.25) is 0 Å². The Labute approximate surface area is 112 Å². The molecule has 2 atom stereocenters. The summed E-state index contributed by atoms with van der Waals surface area (Å²) in [5.74, 6) is 1.52. The van der Waals surface area contributed by atoms with Crippen molar-refractivity contribution in [1.29, 1.82) is 0 Å². The molecule has 1 aliphatic carbocycles. The van der Waals surface area contributed by atoms with Crippen LogP contribution < -0.4 is 5.73 Å². The number of nitrogens with two attached hydrogens (primary N) is 1. The Morgan fingerprint density at radius 2 is 2.26 bits per heavy atom. The van der Waals surface area contributed by atoms with Crippen molar-refractivity contribution in [2.75, 3.05) is 5.73 Å². The van der Waals surface area contributed by atoms with Crippen LogP contribution >= 0.6 is 0 Å². The number of anilines is 1. The summed E-state index contributed by atoms with van der Waals surface area (Å²) < 4.78 is 1.96. The molecule has 3 rings (SSSR count). The zero-order valence-electron chi connectivity index (χ0n) is 11.4. The van der Waals surface area contributed by atoms with E-state index in [1.165, 1.54) is 19.3 Å². The summed E-state index contributed by atoms with van der Waals surface area (Å²) in [6.07, 6.45) is 3.63. The van der Waals surface area contributed by atoms with Crippen LogP contribution in [-0.4, -0.2) is 20.2 Å². The molecule has 1 saturated carbocycles. The van der Waals surface area contributed by atoms with Crippen LogP contribution in [-0.2, 0) is 0 Å². The Morgan fingerprint density at radius 3 is 3.00 bits per heavy atom. The van der Waals surface area contributed by atoms with Crippen LogP contribution in [0.2, 0.25) is 0 Å². The molecule has 2 aromatic rings. The number of aryl methyl sites for hydroxylation is 1. The number of hydrogen-bond acceptors (Lipinski definition) is 4. The van der Waals surface area contributed by atoms with Gasteiger partial charge in [0.1, 0.15) is 0 Å². The van der Waals surface area contributed by atoms with Crippen LogP contribution in [0.3, 0.4) is 0 Å². The van der Waals surface area contributed by atoms with Crippen LogP contribution in [0.1, 0.15) is 37.8 Å². The van der Waals surface area contributed by atoms with Crippen molar-refractivity contribution in [2.24, 2.45) is 5.92 Å². The Hall–Kier alpha value is -1.91. The SMILES string of the molecule is CCCC1CC1n1nnnc1-c1c(C)cccc1N. The number of nitrogens with zero attached hydrogens (tertiary/aromatic N) is 4. The Kier molecular flexibility index (Phi) is 2.97. The maximum atomic E-state index is 6.09. The number of nitrogen functional groups attached to an aromatic ring is 1. The lowest BCUT2D eigenvalue weighted by Crippen LogP contribution is -2.04. The monoisotopic (exact) mass is 257 g/mol. The van der Waals surface area contributed by atoms with Gasteiger partial charge < -0.3 is 5.73 Å². The Bertz CT molecular complexity index is 569. The second kappa shape index (κ2) is 4.64. The fourth-order valence-corrected chi connectivity index (χ4v) is 2.79. The molecule has 2 unspecified atom stereocenters. The minimum Gasteiger partial charge on any atom is -0.398 e. The molecule has 0 saturated heterocycles. The number of rotatable bonds is 4. The first-order valence-electron chi connectivity index (χ1n) is 6.85. The van der Waals surface area contributed by atoms with E-state index in [0.717, 1.165) is 28.6 Å². The highest BCUT2D eigenvalue weighted by Crippen LogP contribution is 2.47. The van der Waals surface area contributed by atoms with Gasteiger partial charge in [0.2, 0.25) is 0 Å². The summed E-state index contributed by atoms with van der Waals surface area (Å²) in [5.41, 5.74) is 8.91. The number of benzene rings is 1. The Morgan fingerprint density at radius 1 is 1.42 bits per heavy atom. The molecule has 0 spiro atoms. The largest absolute Gasteiger partial charge is 0.398 e. The van der Waals surface area contributed by atoms with Gasteiger partial charge in [-0.05, 0) is 47.7 Å². The van der Waals surface area contributed by atoms with E-state index < -0.39 is 0 Å². The van der Waals surface area contributed by atoms with Crippen LogP contribution in [0.5, 0.6) is 0 Å². The number of hydrogen-bond donors (Lipinski definition) is 1. The van der Waals surface area contributed by atoms with Crippen LogP contribution in [0.15, 0.2) is 18.2 Å². The fourth-order valence-electron chi connectivity index (χ4n) is 2.79. The molecule has 2 N–H and O–H groups in total. The average Bonchev–Trinajstić information content (AvgIpc) is 2.97. The molecule has 1 aromatic heterocycles. The molecule has 0 aliphatic heterocycles. The molecule has 5 nitrogen and oxygen atoms in total. The summed E-state index contributed by atoms with van der Waals surface area (Å²) >= 11 is 0. The average molecular weight is 257 g/mol. The maximum absolute atomic E-state index is 6.09. The van der Waals surface area contributed by atoms with Crippen molar-refractivity contribution in [3.63, 3.8) is 0 Å². The van der Waals surface area contributed by atoms with E-state index in [1.54, 1.807) is 0 Å². The van der Waals surface area contributed by atoms with Crippen molar-refractivity contribution in [2.45, 2.75) is 39.2 Å². The van der Waals surface area contributed by atoms with Crippen molar-refractivity contribution in [3.8, 4) is 11.4 Å². The minimum atomic E-state index is 0.448. The first-order valence-corrected chi connectivity index (χ1v) is 6.85. The quantitative estimate of drug-likeness (QED) is 0.855. The van der Waals surface area contributed by atoms with E-state index in [1.807, 2.05) is 29.8 Å². The van der Waals surface area contributed by atoms with Gasteiger partial charge in [0, 0.05) is 11.3 Å². The van der Waals surface area contributed by atoms with E-state index in [9.17, 15) is 0 Å². The van der Waals surface area contributed by atoms with E-state index in [4.69, 9.17) is 5.73 Å². The molecule has 1 aliphatic rings. The third-order valence-corrected chi connectivity index (χ3v) is 3.88. The lowest BCUT2D eigenvalue weighted by atomic mass is 10.1. The van der Waals surface area contributed by atoms with Crippen molar-refractivity contribution >= 4 is 5.69 Å². The van der Waals surface area contributed by atoms with Crippen molar-refractivity contribution in [3.05, 3.63) is 23.8 Å². The molecule has 0 radical (unpaired) electrons. The predicted molar refractivity (Wildman–Crippen MR) is 74.5 cm³/mol. The maximum Gasteiger partial charge on any atom is 0.184 e. The minimum absolute atomic E-state index is 0.448. The molecule has 100 valence electrons. The molecule has 19 heavy (non-hydrogen) atoms. The predicted octanol–water partition coefficient (Wildman–Crippen LogP) is 2.59. The fraction of sp³-hybridized carbons (Fsp3) is 0.500. The van der Waals surface area contributed by atoms with E-state index >= 15 is 0 Å². The van der Waals surface area contributed by atoms with Gasteiger partial charge in [-0.25, -0.2) is 4.68 Å². The number of tetrazole rings is 1. The highest BCUT2D eigenvalue weighted by Gasteiger charge is 2.40. The van der Waals surface area contributed by atoms with E-state index in [-0.39, 0.29) is 0 Å². The van der Waals surface area contributed by atoms with Gasteiger partial charge in [0.05, 0.1) is 6.04 Å². The van der Waals surface area contributed by atoms with Gasteiger partial charge in [-0.2, -0.15) is 0 Å². The highest BCUT2D eigenvalue weighted by atomic mass is 15.6. The third kappa shape index (κ3) is 2.09. The van der Waals surface area contributed by atoms with Crippen LogP contribution in [0.25, 0.3) is 11.4 Å². The smallest absolute Gasteiger partial charge is 0.184 e. The standard InChI is InChI=1S/C14H19N5/c1-3-5-10-8-12(10)19-14(16-17-18-19)13-9(2)6-4-7-11(13)15/h4,6-7,10,12H,3,5,8,15H2,1-2H3. The molecule has 1 fully saturated rings.